The van der Waals surface area contributed by atoms with Gasteiger partial charge in [-0.15, -0.1) is 0 Å². The zero-order valence-electron chi connectivity index (χ0n) is 12.2. The van der Waals surface area contributed by atoms with Gasteiger partial charge in [0.2, 0.25) is 5.91 Å². The molecule has 0 bridgehead atoms. The standard InChI is InChI=1S/C14H24N2O4/c1-10(2)16-5-3-4-11(16)8-13(17)15-6-7-20-12(9-15)14(18)19/h10-12H,3-9H2,1-2H3,(H,18,19)/t11-,12?/m0/s1. The summed E-state index contributed by atoms with van der Waals surface area (Å²) in [6.45, 7) is 6.33. The van der Waals surface area contributed by atoms with Crippen LogP contribution in [0.5, 0.6) is 0 Å². The number of carboxylic acid groups (broad SMARTS) is 1. The minimum Gasteiger partial charge on any atom is -0.479 e. The van der Waals surface area contributed by atoms with Crippen LogP contribution in [0.2, 0.25) is 0 Å². The van der Waals surface area contributed by atoms with Crippen LogP contribution in [0.4, 0.5) is 0 Å². The van der Waals surface area contributed by atoms with E-state index in [9.17, 15) is 9.59 Å². The molecule has 1 N–H and O–H groups in total. The number of carboxylic acids is 1. The van der Waals surface area contributed by atoms with E-state index in [1.165, 1.54) is 0 Å². The van der Waals surface area contributed by atoms with Crippen molar-refractivity contribution < 1.29 is 19.4 Å². The van der Waals surface area contributed by atoms with E-state index in [4.69, 9.17) is 9.84 Å². The lowest BCUT2D eigenvalue weighted by Crippen LogP contribution is -2.50. The fraction of sp³-hybridized carbons (Fsp3) is 0.857. The second-order valence-electron chi connectivity index (χ2n) is 5.87. The van der Waals surface area contributed by atoms with Crippen molar-refractivity contribution in [1.29, 1.82) is 0 Å². The van der Waals surface area contributed by atoms with E-state index in [2.05, 4.69) is 18.7 Å². The highest BCUT2D eigenvalue weighted by molar-refractivity contribution is 5.79. The molecule has 0 radical (unpaired) electrons. The van der Waals surface area contributed by atoms with Crippen LogP contribution in [-0.4, -0.2) is 71.2 Å². The molecule has 2 saturated heterocycles. The minimum absolute atomic E-state index is 0.0529. The molecule has 114 valence electrons. The van der Waals surface area contributed by atoms with Gasteiger partial charge in [0.05, 0.1) is 13.2 Å². The third kappa shape index (κ3) is 3.49. The van der Waals surface area contributed by atoms with Crippen molar-refractivity contribution in [3.05, 3.63) is 0 Å². The normalized spacial score (nSPS) is 28.1. The molecule has 0 saturated carbocycles. The van der Waals surface area contributed by atoms with Crippen LogP contribution in [0.15, 0.2) is 0 Å². The van der Waals surface area contributed by atoms with Crippen molar-refractivity contribution in [2.75, 3.05) is 26.2 Å². The lowest BCUT2D eigenvalue weighted by atomic mass is 10.1. The molecule has 2 atom stereocenters. The maximum absolute atomic E-state index is 12.3. The predicted octanol–water partition coefficient (Wildman–Crippen LogP) is 0.561. The SMILES string of the molecule is CC(C)N1CCC[C@H]1CC(=O)N1CCOC(C(=O)O)C1. The van der Waals surface area contributed by atoms with Crippen LogP contribution < -0.4 is 0 Å². The molecule has 2 fully saturated rings. The summed E-state index contributed by atoms with van der Waals surface area (Å²) in [6.07, 6.45) is 1.80. The summed E-state index contributed by atoms with van der Waals surface area (Å²) in [6, 6.07) is 0.750. The number of aliphatic carboxylic acids is 1. The Hall–Kier alpha value is -1.14. The third-order valence-corrected chi connectivity index (χ3v) is 4.19. The Kier molecular flexibility index (Phi) is 4.99. The third-order valence-electron chi connectivity index (χ3n) is 4.19. The average Bonchev–Trinajstić information content (AvgIpc) is 2.87. The lowest BCUT2D eigenvalue weighted by Gasteiger charge is -2.33. The first-order chi connectivity index (χ1) is 9.49. The van der Waals surface area contributed by atoms with Gasteiger partial charge in [-0.1, -0.05) is 0 Å². The molecule has 0 aromatic heterocycles. The van der Waals surface area contributed by atoms with E-state index in [-0.39, 0.29) is 12.5 Å². The fourth-order valence-corrected chi connectivity index (χ4v) is 3.11. The Morgan fingerprint density at radius 2 is 2.10 bits per heavy atom. The highest BCUT2D eigenvalue weighted by Crippen LogP contribution is 2.23. The maximum atomic E-state index is 12.3. The molecular weight excluding hydrogens is 260 g/mol. The Labute approximate surface area is 119 Å². The van der Waals surface area contributed by atoms with Crippen LogP contribution in [0.1, 0.15) is 33.1 Å². The number of hydrogen-bond acceptors (Lipinski definition) is 4. The first kappa shape index (κ1) is 15.3. The second-order valence-corrected chi connectivity index (χ2v) is 5.87. The van der Waals surface area contributed by atoms with Crippen molar-refractivity contribution in [3.63, 3.8) is 0 Å². The van der Waals surface area contributed by atoms with E-state index >= 15 is 0 Å². The van der Waals surface area contributed by atoms with Crippen molar-refractivity contribution in [1.82, 2.24) is 9.80 Å². The van der Waals surface area contributed by atoms with Crippen molar-refractivity contribution in [2.45, 2.75) is 51.3 Å². The van der Waals surface area contributed by atoms with Gasteiger partial charge in [-0.25, -0.2) is 4.79 Å². The van der Waals surface area contributed by atoms with Crippen molar-refractivity contribution in [3.8, 4) is 0 Å². The molecule has 0 spiro atoms. The monoisotopic (exact) mass is 284 g/mol. The lowest BCUT2D eigenvalue weighted by molar-refractivity contribution is -0.159. The van der Waals surface area contributed by atoms with Gasteiger partial charge in [-0.05, 0) is 33.2 Å². The number of morpholine rings is 1. The number of carbonyl (C=O) groups is 2. The number of likely N-dealkylation sites (tertiary alicyclic amines) is 1. The Morgan fingerprint density at radius 1 is 1.35 bits per heavy atom. The first-order valence-electron chi connectivity index (χ1n) is 7.37. The van der Waals surface area contributed by atoms with Gasteiger partial charge in [-0.3, -0.25) is 9.69 Å². The number of nitrogens with zero attached hydrogens (tertiary/aromatic N) is 2. The Bertz CT molecular complexity index is 372. The summed E-state index contributed by atoms with van der Waals surface area (Å²) in [5, 5.41) is 8.97. The molecule has 1 unspecified atom stereocenters. The molecule has 2 heterocycles. The quantitative estimate of drug-likeness (QED) is 0.817. The largest absolute Gasteiger partial charge is 0.479 e. The molecule has 6 heteroatoms. The highest BCUT2D eigenvalue weighted by Gasteiger charge is 2.33. The highest BCUT2D eigenvalue weighted by atomic mass is 16.5. The number of hydrogen-bond donors (Lipinski definition) is 1. The average molecular weight is 284 g/mol. The van der Waals surface area contributed by atoms with Crippen molar-refractivity contribution in [2.24, 2.45) is 0 Å². The summed E-state index contributed by atoms with van der Waals surface area (Å²) < 4.78 is 5.15. The molecular formula is C14H24N2O4. The van der Waals surface area contributed by atoms with Crippen LogP contribution in [0.3, 0.4) is 0 Å². The zero-order valence-corrected chi connectivity index (χ0v) is 12.2. The summed E-state index contributed by atoms with van der Waals surface area (Å²) in [4.78, 5) is 27.3. The van der Waals surface area contributed by atoms with Crippen LogP contribution >= 0.6 is 0 Å². The van der Waals surface area contributed by atoms with E-state index in [0.29, 0.717) is 31.7 Å². The van der Waals surface area contributed by atoms with Gasteiger partial charge in [0.1, 0.15) is 0 Å². The van der Waals surface area contributed by atoms with E-state index in [0.717, 1.165) is 19.4 Å². The molecule has 2 rings (SSSR count). The van der Waals surface area contributed by atoms with Gasteiger partial charge in [-0.2, -0.15) is 0 Å². The van der Waals surface area contributed by atoms with Gasteiger partial charge in [0.25, 0.3) is 0 Å². The van der Waals surface area contributed by atoms with Gasteiger partial charge >= 0.3 is 5.97 Å². The Morgan fingerprint density at radius 3 is 2.75 bits per heavy atom. The summed E-state index contributed by atoms with van der Waals surface area (Å²) in [5.41, 5.74) is 0. The molecule has 0 aromatic carbocycles. The molecule has 1 amide bonds. The van der Waals surface area contributed by atoms with E-state index < -0.39 is 12.1 Å². The Balaban J connectivity index is 1.89. The predicted molar refractivity (Wildman–Crippen MR) is 73.4 cm³/mol. The van der Waals surface area contributed by atoms with Crippen LogP contribution in [0.25, 0.3) is 0 Å². The molecule has 2 aliphatic rings. The van der Waals surface area contributed by atoms with Crippen LogP contribution in [0, 0.1) is 0 Å². The van der Waals surface area contributed by atoms with E-state index in [1.807, 2.05) is 0 Å². The van der Waals surface area contributed by atoms with E-state index in [1.54, 1.807) is 4.90 Å². The number of rotatable bonds is 4. The summed E-state index contributed by atoms with van der Waals surface area (Å²) in [5.74, 6) is -0.940. The minimum atomic E-state index is -0.993. The number of ether oxygens (including phenoxy) is 1. The molecule has 6 nitrogen and oxygen atoms in total. The number of amides is 1. The maximum Gasteiger partial charge on any atom is 0.334 e. The molecule has 2 aliphatic heterocycles. The number of carbonyl (C=O) groups excluding carboxylic acids is 1. The zero-order chi connectivity index (χ0) is 14.7. The molecule has 20 heavy (non-hydrogen) atoms. The summed E-state index contributed by atoms with van der Waals surface area (Å²) in [7, 11) is 0. The van der Waals surface area contributed by atoms with Gasteiger partial charge in [0, 0.05) is 25.0 Å². The second kappa shape index (κ2) is 6.54. The fourth-order valence-electron chi connectivity index (χ4n) is 3.11. The smallest absolute Gasteiger partial charge is 0.334 e. The van der Waals surface area contributed by atoms with Crippen molar-refractivity contribution >= 4 is 11.9 Å². The molecule has 0 aromatic rings. The molecule has 0 aliphatic carbocycles. The summed E-state index contributed by atoms with van der Waals surface area (Å²) >= 11 is 0. The van der Waals surface area contributed by atoms with Gasteiger partial charge in [0.15, 0.2) is 6.10 Å². The van der Waals surface area contributed by atoms with Crippen LogP contribution in [-0.2, 0) is 14.3 Å². The van der Waals surface area contributed by atoms with Gasteiger partial charge < -0.3 is 14.7 Å². The topological polar surface area (TPSA) is 70.1 Å². The first-order valence-corrected chi connectivity index (χ1v) is 7.37.